The van der Waals surface area contributed by atoms with Gasteiger partial charge in [-0.2, -0.15) is 5.10 Å². The molecule has 0 spiro atoms. The van der Waals surface area contributed by atoms with E-state index in [-0.39, 0.29) is 5.78 Å². The maximum Gasteiger partial charge on any atom is 0.182 e. The number of aromatic nitrogens is 2. The number of hydrogen-bond donors (Lipinski definition) is 1. The largest absolute Gasteiger partial charge is 0.350 e. The van der Waals surface area contributed by atoms with Crippen LogP contribution in [0, 0.1) is 13.8 Å². The Kier molecular flexibility index (Phi) is 4.49. The van der Waals surface area contributed by atoms with Crippen molar-refractivity contribution in [2.45, 2.75) is 20.3 Å². The maximum atomic E-state index is 11.7. The molecule has 3 heterocycles. The molecular weight excluding hydrogens is 326 g/mol. The molecule has 6 nitrogen and oxygen atoms in total. The van der Waals surface area contributed by atoms with Gasteiger partial charge in [-0.1, -0.05) is 17.7 Å². The summed E-state index contributed by atoms with van der Waals surface area (Å²) in [7, 11) is 0. The molecule has 2 aromatic rings. The van der Waals surface area contributed by atoms with E-state index in [2.05, 4.69) is 21.1 Å². The number of Topliss-reactive ketones (excluding diaryl/α,β-unsaturated/α-hetero) is 1. The molecule has 124 valence electrons. The van der Waals surface area contributed by atoms with E-state index in [4.69, 9.17) is 17.4 Å². The number of carbonyl (C=O) groups is 1. The van der Waals surface area contributed by atoms with Crippen molar-refractivity contribution in [3.63, 3.8) is 0 Å². The predicted molar refractivity (Wildman–Crippen MR) is 95.4 cm³/mol. The molecule has 3 rings (SSSR count). The zero-order valence-corrected chi connectivity index (χ0v) is 14.3. The summed E-state index contributed by atoms with van der Waals surface area (Å²) in [6, 6.07) is 3.97. The van der Waals surface area contributed by atoms with Crippen LogP contribution in [0.15, 0.2) is 29.6 Å². The summed E-state index contributed by atoms with van der Waals surface area (Å²) < 4.78 is 0. The van der Waals surface area contributed by atoms with Crippen molar-refractivity contribution in [3.8, 4) is 11.3 Å². The van der Waals surface area contributed by atoms with Crippen LogP contribution in [0.2, 0.25) is 5.02 Å². The van der Waals surface area contributed by atoms with Gasteiger partial charge >= 0.3 is 0 Å². The Bertz CT molecular complexity index is 834. The third-order valence-electron chi connectivity index (χ3n) is 4.06. The highest BCUT2D eigenvalue weighted by Gasteiger charge is 2.24. The van der Waals surface area contributed by atoms with E-state index in [0.717, 1.165) is 28.2 Å². The molecule has 0 unspecified atom stereocenters. The molecule has 0 atom stereocenters. The number of hydrogen-bond acceptors (Lipinski definition) is 6. The van der Waals surface area contributed by atoms with Gasteiger partial charge in [-0.25, -0.2) is 4.98 Å². The fourth-order valence-electron chi connectivity index (χ4n) is 2.82. The van der Waals surface area contributed by atoms with Crippen LogP contribution in [-0.2, 0) is 4.79 Å². The minimum atomic E-state index is -0.0148. The smallest absolute Gasteiger partial charge is 0.182 e. The number of pyridine rings is 2. The number of rotatable bonds is 2. The maximum absolute atomic E-state index is 11.7. The van der Waals surface area contributed by atoms with E-state index in [0.29, 0.717) is 30.2 Å². The molecule has 1 aliphatic rings. The first-order chi connectivity index (χ1) is 11.5. The Hall–Kier alpha value is -2.47. The van der Waals surface area contributed by atoms with E-state index in [1.54, 1.807) is 6.20 Å². The SMILES string of the molecule is Cc1cnc(-c2cc(N3CCC(=O)/C(=N/N)C3)ncc2Cl)c(C)c1. The van der Waals surface area contributed by atoms with E-state index in [1.165, 1.54) is 0 Å². The lowest BCUT2D eigenvalue weighted by atomic mass is 10.0. The average Bonchev–Trinajstić information content (AvgIpc) is 2.56. The normalized spacial score (nSPS) is 16.7. The van der Waals surface area contributed by atoms with Gasteiger partial charge in [-0.3, -0.25) is 9.78 Å². The third-order valence-corrected chi connectivity index (χ3v) is 4.36. The Morgan fingerprint density at radius 2 is 2.04 bits per heavy atom. The second kappa shape index (κ2) is 6.57. The van der Waals surface area contributed by atoms with Gasteiger partial charge < -0.3 is 10.7 Å². The van der Waals surface area contributed by atoms with Crippen LogP contribution < -0.4 is 10.7 Å². The highest BCUT2D eigenvalue weighted by atomic mass is 35.5. The van der Waals surface area contributed by atoms with Crippen molar-refractivity contribution in [2.24, 2.45) is 10.9 Å². The summed E-state index contributed by atoms with van der Waals surface area (Å²) in [5.41, 5.74) is 4.16. The lowest BCUT2D eigenvalue weighted by molar-refractivity contribution is -0.113. The van der Waals surface area contributed by atoms with Crippen LogP contribution >= 0.6 is 11.6 Å². The van der Waals surface area contributed by atoms with E-state index in [9.17, 15) is 4.79 Å². The number of hydrazone groups is 1. The second-order valence-electron chi connectivity index (χ2n) is 5.87. The first-order valence-corrected chi connectivity index (χ1v) is 8.01. The molecule has 1 aliphatic heterocycles. The van der Waals surface area contributed by atoms with E-state index >= 15 is 0 Å². The van der Waals surface area contributed by atoms with Crippen molar-refractivity contribution in [1.29, 1.82) is 0 Å². The molecule has 0 aromatic carbocycles. The first kappa shape index (κ1) is 16.4. The predicted octanol–water partition coefficient (Wildman–Crippen LogP) is 2.51. The fraction of sp³-hybridized carbons (Fsp3) is 0.294. The van der Waals surface area contributed by atoms with Crippen LogP contribution in [-0.4, -0.2) is 34.6 Å². The molecule has 0 bridgehead atoms. The van der Waals surface area contributed by atoms with Crippen molar-refractivity contribution in [2.75, 3.05) is 18.0 Å². The highest BCUT2D eigenvalue weighted by molar-refractivity contribution is 6.41. The highest BCUT2D eigenvalue weighted by Crippen LogP contribution is 2.31. The number of halogens is 1. The summed E-state index contributed by atoms with van der Waals surface area (Å²) in [5.74, 6) is 6.01. The van der Waals surface area contributed by atoms with Gasteiger partial charge in [0.25, 0.3) is 0 Å². The zero-order chi connectivity index (χ0) is 17.3. The lowest BCUT2D eigenvalue weighted by Crippen LogP contribution is -2.42. The van der Waals surface area contributed by atoms with Gasteiger partial charge in [0.2, 0.25) is 0 Å². The standard InChI is InChI=1S/C17H18ClN5O/c1-10-5-11(2)17(21-7-10)12-6-16(20-8-13(12)18)23-4-3-15(24)14(9-23)22-19/h5-8H,3-4,9,19H2,1-2H3/b22-14+. The quantitative estimate of drug-likeness (QED) is 0.669. The average molecular weight is 344 g/mol. The number of nitrogens with zero attached hydrogens (tertiary/aromatic N) is 4. The van der Waals surface area contributed by atoms with E-state index in [1.807, 2.05) is 31.0 Å². The molecule has 0 saturated carbocycles. The molecule has 2 N–H and O–H groups in total. The number of anilines is 1. The van der Waals surface area contributed by atoms with Crippen LogP contribution in [0.5, 0.6) is 0 Å². The topological polar surface area (TPSA) is 84.5 Å². The summed E-state index contributed by atoms with van der Waals surface area (Å²) in [4.78, 5) is 22.6. The number of aryl methyl sites for hydroxylation is 2. The molecule has 1 fully saturated rings. The van der Waals surface area contributed by atoms with Crippen LogP contribution in [0.3, 0.4) is 0 Å². The lowest BCUT2D eigenvalue weighted by Gasteiger charge is -2.28. The minimum Gasteiger partial charge on any atom is -0.350 e. The Labute approximate surface area is 145 Å². The van der Waals surface area contributed by atoms with Gasteiger partial charge in [0.05, 0.1) is 17.3 Å². The van der Waals surface area contributed by atoms with Gasteiger partial charge in [0, 0.05) is 30.9 Å². The number of ketones is 1. The fourth-order valence-corrected chi connectivity index (χ4v) is 3.01. The monoisotopic (exact) mass is 343 g/mol. The summed E-state index contributed by atoms with van der Waals surface area (Å²) in [6.45, 7) is 4.93. The molecule has 7 heteroatoms. The Morgan fingerprint density at radius 1 is 1.25 bits per heavy atom. The van der Waals surface area contributed by atoms with Gasteiger partial charge in [-0.15, -0.1) is 0 Å². The third kappa shape index (κ3) is 3.10. The molecule has 24 heavy (non-hydrogen) atoms. The Balaban J connectivity index is 1.99. The molecular formula is C17H18ClN5O. The van der Waals surface area contributed by atoms with Crippen LogP contribution in [0.25, 0.3) is 11.3 Å². The second-order valence-corrected chi connectivity index (χ2v) is 6.28. The number of nitrogens with two attached hydrogens (primary N) is 1. The van der Waals surface area contributed by atoms with Crippen molar-refractivity contribution < 1.29 is 4.79 Å². The van der Waals surface area contributed by atoms with E-state index < -0.39 is 0 Å². The molecule has 0 radical (unpaired) electrons. The number of piperidine rings is 1. The first-order valence-electron chi connectivity index (χ1n) is 7.63. The van der Waals surface area contributed by atoms with Crippen LogP contribution in [0.1, 0.15) is 17.5 Å². The summed E-state index contributed by atoms with van der Waals surface area (Å²) in [6.07, 6.45) is 3.80. The zero-order valence-electron chi connectivity index (χ0n) is 13.6. The molecule has 0 amide bonds. The summed E-state index contributed by atoms with van der Waals surface area (Å²) >= 11 is 6.34. The van der Waals surface area contributed by atoms with Crippen molar-refractivity contribution in [3.05, 3.63) is 40.7 Å². The van der Waals surface area contributed by atoms with Crippen molar-refractivity contribution in [1.82, 2.24) is 9.97 Å². The van der Waals surface area contributed by atoms with Gasteiger partial charge in [-0.05, 0) is 31.0 Å². The molecule has 0 aliphatic carbocycles. The minimum absolute atomic E-state index is 0.0148. The van der Waals surface area contributed by atoms with Crippen LogP contribution in [0.4, 0.5) is 5.82 Å². The molecule has 1 saturated heterocycles. The Morgan fingerprint density at radius 3 is 2.75 bits per heavy atom. The summed E-state index contributed by atoms with van der Waals surface area (Å²) in [5, 5.41) is 4.13. The number of carbonyl (C=O) groups excluding carboxylic acids is 1. The molecule has 2 aromatic heterocycles. The van der Waals surface area contributed by atoms with Gasteiger partial charge in [0.15, 0.2) is 5.78 Å². The van der Waals surface area contributed by atoms with Gasteiger partial charge in [0.1, 0.15) is 11.5 Å². The van der Waals surface area contributed by atoms with Crippen molar-refractivity contribution >= 4 is 28.9 Å².